The van der Waals surface area contributed by atoms with Gasteiger partial charge < -0.3 is 0 Å². The summed E-state index contributed by atoms with van der Waals surface area (Å²) < 4.78 is 0. The lowest BCUT2D eigenvalue weighted by Crippen LogP contribution is -1.96. The predicted octanol–water partition coefficient (Wildman–Crippen LogP) is 3.13. The molecule has 0 bridgehead atoms. The molecule has 0 atom stereocenters. The molecule has 2 aromatic heterocycles. The summed E-state index contributed by atoms with van der Waals surface area (Å²) in [7, 11) is 0. The summed E-state index contributed by atoms with van der Waals surface area (Å²) in [5, 5.41) is 8.55. The minimum atomic E-state index is 0.760. The largest absolute Gasteiger partial charge is 0.264 e. The summed E-state index contributed by atoms with van der Waals surface area (Å²) in [4.78, 5) is 4.10. The molecule has 0 spiro atoms. The Bertz CT molecular complexity index is 634. The summed E-state index contributed by atoms with van der Waals surface area (Å²) in [6, 6.07) is 18.1. The molecule has 0 aliphatic heterocycles. The van der Waals surface area contributed by atoms with Gasteiger partial charge in [-0.1, -0.05) is 36.4 Å². The Hall–Kier alpha value is -2.55. The second-order valence-electron chi connectivity index (χ2n) is 4.31. The molecule has 0 saturated heterocycles. The number of benzene rings is 1. The van der Waals surface area contributed by atoms with Crippen molar-refractivity contribution < 1.29 is 0 Å². The van der Waals surface area contributed by atoms with Gasteiger partial charge in [-0.3, -0.25) is 4.98 Å². The smallest absolute Gasteiger partial charge is 0.0929 e. The van der Waals surface area contributed by atoms with Crippen LogP contribution in [0, 0.1) is 0 Å². The second-order valence-corrected chi connectivity index (χ2v) is 4.31. The third kappa shape index (κ3) is 2.83. The fourth-order valence-electron chi connectivity index (χ4n) is 1.93. The molecule has 0 N–H and O–H groups in total. The zero-order valence-corrected chi connectivity index (χ0v) is 10.4. The van der Waals surface area contributed by atoms with Gasteiger partial charge in [-0.2, -0.15) is 10.2 Å². The fourth-order valence-corrected chi connectivity index (χ4v) is 1.93. The zero-order chi connectivity index (χ0) is 12.9. The third-order valence-electron chi connectivity index (χ3n) is 2.90. The van der Waals surface area contributed by atoms with Crippen molar-refractivity contribution in [2.45, 2.75) is 6.42 Å². The maximum Gasteiger partial charge on any atom is 0.0929 e. The highest BCUT2D eigenvalue weighted by Gasteiger charge is 2.01. The molecule has 3 aromatic rings. The summed E-state index contributed by atoms with van der Waals surface area (Å²) >= 11 is 0. The number of nitrogens with zero attached hydrogens (tertiary/aromatic N) is 3. The first-order chi connectivity index (χ1) is 9.42. The van der Waals surface area contributed by atoms with Crippen molar-refractivity contribution in [2.24, 2.45) is 0 Å². The number of rotatable bonds is 3. The third-order valence-corrected chi connectivity index (χ3v) is 2.90. The van der Waals surface area contributed by atoms with E-state index in [1.807, 2.05) is 60.8 Å². The van der Waals surface area contributed by atoms with Crippen LogP contribution < -0.4 is 0 Å². The first-order valence-corrected chi connectivity index (χ1v) is 6.19. The first-order valence-electron chi connectivity index (χ1n) is 6.19. The van der Waals surface area contributed by atoms with Crippen LogP contribution in [0.1, 0.15) is 11.3 Å². The van der Waals surface area contributed by atoms with E-state index in [-0.39, 0.29) is 0 Å². The van der Waals surface area contributed by atoms with Crippen molar-refractivity contribution in [3.8, 4) is 11.3 Å². The lowest BCUT2D eigenvalue weighted by molar-refractivity contribution is 0.938. The Kier molecular flexibility index (Phi) is 3.28. The highest BCUT2D eigenvalue weighted by Crippen LogP contribution is 2.15. The molecule has 0 amide bonds. The van der Waals surface area contributed by atoms with Gasteiger partial charge in [0.1, 0.15) is 0 Å². The molecule has 0 fully saturated rings. The van der Waals surface area contributed by atoms with E-state index >= 15 is 0 Å². The quantitative estimate of drug-likeness (QED) is 0.713. The molecule has 92 valence electrons. The van der Waals surface area contributed by atoms with Crippen molar-refractivity contribution in [2.75, 3.05) is 0 Å². The minimum absolute atomic E-state index is 0.760. The maximum absolute atomic E-state index is 4.27. The Balaban J connectivity index is 1.80. The molecule has 3 rings (SSSR count). The van der Waals surface area contributed by atoms with Gasteiger partial charge in [-0.25, -0.2) is 0 Å². The molecule has 0 aliphatic carbocycles. The van der Waals surface area contributed by atoms with E-state index in [2.05, 4.69) is 15.2 Å². The van der Waals surface area contributed by atoms with Gasteiger partial charge in [0.2, 0.25) is 0 Å². The SMILES string of the molecule is c1ccc(-c2ccc(Cc3cccnc3)nn2)cc1. The molecule has 0 radical (unpaired) electrons. The molecule has 0 saturated carbocycles. The van der Waals surface area contributed by atoms with Crippen molar-refractivity contribution >= 4 is 0 Å². The van der Waals surface area contributed by atoms with Gasteiger partial charge in [0, 0.05) is 24.4 Å². The summed E-state index contributed by atoms with van der Waals surface area (Å²) in [5.41, 5.74) is 4.08. The van der Waals surface area contributed by atoms with E-state index in [9.17, 15) is 0 Å². The molecular weight excluding hydrogens is 234 g/mol. The molecule has 0 aliphatic rings. The molecule has 1 aromatic carbocycles. The van der Waals surface area contributed by atoms with Crippen LogP contribution in [0.25, 0.3) is 11.3 Å². The van der Waals surface area contributed by atoms with Crippen LogP contribution in [-0.4, -0.2) is 15.2 Å². The second kappa shape index (κ2) is 5.40. The van der Waals surface area contributed by atoms with Crippen LogP contribution in [0.4, 0.5) is 0 Å². The van der Waals surface area contributed by atoms with Gasteiger partial charge in [0.05, 0.1) is 11.4 Å². The van der Waals surface area contributed by atoms with Crippen LogP contribution >= 0.6 is 0 Å². The van der Waals surface area contributed by atoms with E-state index in [1.165, 1.54) is 0 Å². The predicted molar refractivity (Wildman–Crippen MR) is 74.5 cm³/mol. The number of pyridine rings is 1. The Morgan fingerprint density at radius 2 is 1.68 bits per heavy atom. The van der Waals surface area contributed by atoms with Gasteiger partial charge >= 0.3 is 0 Å². The van der Waals surface area contributed by atoms with Crippen LogP contribution in [0.5, 0.6) is 0 Å². The van der Waals surface area contributed by atoms with Crippen molar-refractivity contribution in [3.63, 3.8) is 0 Å². The van der Waals surface area contributed by atoms with Crippen molar-refractivity contribution in [1.82, 2.24) is 15.2 Å². The van der Waals surface area contributed by atoms with Gasteiger partial charge in [0.15, 0.2) is 0 Å². The number of hydrogen-bond acceptors (Lipinski definition) is 3. The number of aromatic nitrogens is 3. The zero-order valence-electron chi connectivity index (χ0n) is 10.4. The van der Waals surface area contributed by atoms with Crippen LogP contribution in [0.15, 0.2) is 67.0 Å². The van der Waals surface area contributed by atoms with E-state index in [0.717, 1.165) is 28.9 Å². The highest BCUT2D eigenvalue weighted by atomic mass is 15.1. The van der Waals surface area contributed by atoms with Crippen LogP contribution in [-0.2, 0) is 6.42 Å². The Labute approximate surface area is 112 Å². The standard InChI is InChI=1S/C16H13N3/c1-2-6-14(7-3-1)16-9-8-15(18-19-16)11-13-5-4-10-17-12-13/h1-10,12H,11H2. The normalized spacial score (nSPS) is 10.3. The molecule has 19 heavy (non-hydrogen) atoms. The van der Waals surface area contributed by atoms with Crippen LogP contribution in [0.2, 0.25) is 0 Å². The van der Waals surface area contributed by atoms with E-state index in [0.29, 0.717) is 0 Å². The summed E-state index contributed by atoms with van der Waals surface area (Å²) in [6.07, 6.45) is 4.39. The average Bonchev–Trinajstić information content (AvgIpc) is 2.50. The lowest BCUT2D eigenvalue weighted by atomic mass is 10.1. The summed E-state index contributed by atoms with van der Waals surface area (Å²) in [5.74, 6) is 0. The average molecular weight is 247 g/mol. The molecular formula is C16H13N3. The van der Waals surface area contributed by atoms with E-state index in [4.69, 9.17) is 0 Å². The van der Waals surface area contributed by atoms with Crippen molar-refractivity contribution in [1.29, 1.82) is 0 Å². The van der Waals surface area contributed by atoms with E-state index in [1.54, 1.807) is 6.20 Å². The maximum atomic E-state index is 4.27. The highest BCUT2D eigenvalue weighted by molar-refractivity contribution is 5.57. The van der Waals surface area contributed by atoms with E-state index < -0.39 is 0 Å². The monoisotopic (exact) mass is 247 g/mol. The molecule has 3 heteroatoms. The Morgan fingerprint density at radius 1 is 0.789 bits per heavy atom. The molecule has 3 nitrogen and oxygen atoms in total. The number of hydrogen-bond donors (Lipinski definition) is 0. The Morgan fingerprint density at radius 3 is 2.37 bits per heavy atom. The first kappa shape index (κ1) is 11.5. The minimum Gasteiger partial charge on any atom is -0.264 e. The summed E-state index contributed by atoms with van der Waals surface area (Å²) in [6.45, 7) is 0. The van der Waals surface area contributed by atoms with Gasteiger partial charge in [-0.15, -0.1) is 0 Å². The van der Waals surface area contributed by atoms with Gasteiger partial charge in [-0.05, 0) is 23.8 Å². The lowest BCUT2D eigenvalue weighted by Gasteiger charge is -2.02. The van der Waals surface area contributed by atoms with Crippen LogP contribution in [0.3, 0.4) is 0 Å². The topological polar surface area (TPSA) is 38.7 Å². The molecule has 2 heterocycles. The van der Waals surface area contributed by atoms with Crippen molar-refractivity contribution in [3.05, 3.63) is 78.2 Å². The fraction of sp³-hybridized carbons (Fsp3) is 0.0625. The van der Waals surface area contributed by atoms with Gasteiger partial charge in [0.25, 0.3) is 0 Å². The molecule has 0 unspecified atom stereocenters.